The fraction of sp³-hybridized carbons (Fsp3) is 0.333. The summed E-state index contributed by atoms with van der Waals surface area (Å²) in [7, 11) is 0. The number of rotatable bonds is 2. The lowest BCUT2D eigenvalue weighted by atomic mass is 9.95. The quantitative estimate of drug-likeness (QED) is 0.466. The minimum atomic E-state index is -0.728. The van der Waals surface area contributed by atoms with Crippen LogP contribution in [0.15, 0.2) is 36.4 Å². The summed E-state index contributed by atoms with van der Waals surface area (Å²) in [5, 5.41) is 28.8. The molecule has 0 unspecified atom stereocenters. The lowest BCUT2D eigenvalue weighted by Gasteiger charge is -2.23. The first-order valence-electron chi connectivity index (χ1n) is 9.19. The highest BCUT2D eigenvalue weighted by Crippen LogP contribution is 2.38. The Morgan fingerprint density at radius 3 is 2.21 bits per heavy atom. The summed E-state index contributed by atoms with van der Waals surface area (Å²) in [6, 6.07) is 8.99. The lowest BCUT2D eigenvalue weighted by molar-refractivity contribution is -0.121. The summed E-state index contributed by atoms with van der Waals surface area (Å²) in [5.41, 5.74) is 6.84. The van der Waals surface area contributed by atoms with Crippen LogP contribution in [0.4, 0.5) is 0 Å². The Morgan fingerprint density at radius 2 is 1.64 bits per heavy atom. The van der Waals surface area contributed by atoms with E-state index in [1.807, 2.05) is 12.1 Å². The van der Waals surface area contributed by atoms with Gasteiger partial charge in [-0.1, -0.05) is 30.7 Å². The van der Waals surface area contributed by atoms with Crippen LogP contribution in [0.25, 0.3) is 0 Å². The van der Waals surface area contributed by atoms with Crippen LogP contribution in [-0.2, 0) is 11.3 Å². The first-order chi connectivity index (χ1) is 13.3. The Balaban J connectivity index is 0.000000391. The van der Waals surface area contributed by atoms with Gasteiger partial charge in [-0.3, -0.25) is 9.59 Å². The number of nitrogens with zero attached hydrogens (tertiary/aromatic N) is 1. The van der Waals surface area contributed by atoms with Gasteiger partial charge in [0.1, 0.15) is 11.8 Å². The summed E-state index contributed by atoms with van der Waals surface area (Å²) in [5.74, 6) is -2.27. The summed E-state index contributed by atoms with van der Waals surface area (Å²) < 4.78 is 0. The van der Waals surface area contributed by atoms with E-state index in [1.165, 1.54) is 31.1 Å². The Morgan fingerprint density at radius 1 is 1.04 bits per heavy atom. The molecule has 0 bridgehead atoms. The molecular formula is C21H24N2O5. The highest BCUT2D eigenvalue weighted by atomic mass is 16.3. The molecule has 1 fully saturated rings. The van der Waals surface area contributed by atoms with Crippen molar-refractivity contribution in [1.29, 1.82) is 0 Å². The molecule has 1 heterocycles. The number of Topliss-reactive ketones (excluding diaryl/α,β-unsaturated/α-hetero) is 1. The van der Waals surface area contributed by atoms with Crippen molar-refractivity contribution in [1.82, 2.24) is 4.90 Å². The van der Waals surface area contributed by atoms with Gasteiger partial charge in [-0.15, -0.1) is 0 Å². The van der Waals surface area contributed by atoms with Crippen LogP contribution >= 0.6 is 0 Å². The topological polar surface area (TPSA) is 124 Å². The molecule has 28 heavy (non-hydrogen) atoms. The highest BCUT2D eigenvalue weighted by Gasteiger charge is 2.37. The summed E-state index contributed by atoms with van der Waals surface area (Å²) in [6.07, 6.45) is 3.89. The van der Waals surface area contributed by atoms with Crippen LogP contribution < -0.4 is 5.73 Å². The van der Waals surface area contributed by atoms with Crippen LogP contribution in [0.2, 0.25) is 0 Å². The Kier molecular flexibility index (Phi) is 5.56. The van der Waals surface area contributed by atoms with Crippen LogP contribution in [-0.4, -0.2) is 38.0 Å². The van der Waals surface area contributed by atoms with Crippen molar-refractivity contribution in [3.8, 4) is 17.2 Å². The van der Waals surface area contributed by atoms with Crippen molar-refractivity contribution in [2.45, 2.75) is 44.8 Å². The second-order valence-corrected chi connectivity index (χ2v) is 7.19. The van der Waals surface area contributed by atoms with Gasteiger partial charge in [-0.05, 0) is 30.9 Å². The molecule has 148 valence electrons. The standard InChI is InChI=1S/C17H15NO5.C4H9N/c1-9(19)16-11-5-3-2-4-10(11)8-18(16)17(23)12-6-14(21)15(22)7-13(12)20;5-4-2-1-3-4/h2-7,16,20-22H,8H2,1H3;4H,1-3,5H2/t16-;/m0./s1. The van der Waals surface area contributed by atoms with Crippen molar-refractivity contribution in [2.75, 3.05) is 0 Å². The molecular weight excluding hydrogens is 360 g/mol. The van der Waals surface area contributed by atoms with Gasteiger partial charge in [-0.2, -0.15) is 0 Å². The third kappa shape index (κ3) is 3.80. The number of ketones is 1. The van der Waals surface area contributed by atoms with Gasteiger partial charge >= 0.3 is 0 Å². The molecule has 2 aromatic rings. The lowest BCUT2D eigenvalue weighted by Crippen LogP contribution is -2.33. The number of fused-ring (bicyclic) bond motifs is 1. The second kappa shape index (κ2) is 7.90. The predicted molar refractivity (Wildman–Crippen MR) is 103 cm³/mol. The number of benzene rings is 2. The van der Waals surface area contributed by atoms with E-state index < -0.39 is 29.2 Å². The van der Waals surface area contributed by atoms with Crippen molar-refractivity contribution >= 4 is 11.7 Å². The van der Waals surface area contributed by atoms with Crippen molar-refractivity contribution in [2.24, 2.45) is 5.73 Å². The fourth-order valence-electron chi connectivity index (χ4n) is 3.35. The zero-order chi connectivity index (χ0) is 20.4. The van der Waals surface area contributed by atoms with Crippen LogP contribution in [0.1, 0.15) is 53.7 Å². The first-order valence-corrected chi connectivity index (χ1v) is 9.19. The van der Waals surface area contributed by atoms with E-state index in [0.717, 1.165) is 23.3 Å². The van der Waals surface area contributed by atoms with Gasteiger partial charge in [0.15, 0.2) is 17.3 Å². The van der Waals surface area contributed by atoms with Crippen molar-refractivity contribution in [3.05, 3.63) is 53.1 Å². The predicted octanol–water partition coefficient (Wildman–Crippen LogP) is 2.59. The zero-order valence-corrected chi connectivity index (χ0v) is 15.6. The van der Waals surface area contributed by atoms with Gasteiger partial charge in [0, 0.05) is 24.7 Å². The molecule has 1 amide bonds. The van der Waals surface area contributed by atoms with E-state index in [-0.39, 0.29) is 17.9 Å². The molecule has 1 aliphatic carbocycles. The number of carbonyl (C=O) groups is 2. The molecule has 0 spiro atoms. The monoisotopic (exact) mass is 384 g/mol. The molecule has 0 aromatic heterocycles. The zero-order valence-electron chi connectivity index (χ0n) is 15.6. The third-order valence-electron chi connectivity index (χ3n) is 5.12. The van der Waals surface area contributed by atoms with E-state index in [4.69, 9.17) is 5.73 Å². The number of amides is 1. The van der Waals surface area contributed by atoms with Crippen molar-refractivity contribution < 1.29 is 24.9 Å². The van der Waals surface area contributed by atoms with E-state index in [0.29, 0.717) is 6.04 Å². The van der Waals surface area contributed by atoms with E-state index in [9.17, 15) is 24.9 Å². The Hall–Kier alpha value is -3.06. The van der Waals surface area contributed by atoms with E-state index in [2.05, 4.69) is 0 Å². The SMILES string of the molecule is CC(=O)[C@H]1c2ccccc2CN1C(=O)c1cc(O)c(O)cc1O.NC1CCC1. The van der Waals surface area contributed by atoms with E-state index in [1.54, 1.807) is 12.1 Å². The first kappa shape index (κ1) is 19.7. The molecule has 1 atom stereocenters. The maximum Gasteiger partial charge on any atom is 0.258 e. The highest BCUT2D eigenvalue weighted by molar-refractivity contribution is 6.01. The Labute approximate surface area is 163 Å². The van der Waals surface area contributed by atoms with Crippen LogP contribution in [0.3, 0.4) is 0 Å². The Bertz CT molecular complexity index is 908. The minimum absolute atomic E-state index is 0.167. The van der Waals surface area contributed by atoms with Gasteiger partial charge in [0.25, 0.3) is 5.91 Å². The molecule has 0 saturated heterocycles. The minimum Gasteiger partial charge on any atom is -0.507 e. The van der Waals surface area contributed by atoms with E-state index >= 15 is 0 Å². The van der Waals surface area contributed by atoms with Gasteiger partial charge in [-0.25, -0.2) is 0 Å². The summed E-state index contributed by atoms with van der Waals surface area (Å²) >= 11 is 0. The molecule has 1 saturated carbocycles. The maximum atomic E-state index is 12.7. The molecule has 2 aromatic carbocycles. The number of hydrogen-bond donors (Lipinski definition) is 4. The third-order valence-corrected chi connectivity index (χ3v) is 5.12. The van der Waals surface area contributed by atoms with Gasteiger partial charge in [0.2, 0.25) is 0 Å². The molecule has 7 nitrogen and oxygen atoms in total. The largest absolute Gasteiger partial charge is 0.507 e. The average molecular weight is 384 g/mol. The molecule has 4 rings (SSSR count). The number of nitrogens with two attached hydrogens (primary N) is 1. The van der Waals surface area contributed by atoms with Crippen molar-refractivity contribution in [3.63, 3.8) is 0 Å². The van der Waals surface area contributed by atoms with Crippen LogP contribution in [0, 0.1) is 0 Å². The molecule has 0 radical (unpaired) electrons. The normalized spacial score (nSPS) is 17.9. The molecule has 1 aliphatic heterocycles. The van der Waals surface area contributed by atoms with Gasteiger partial charge < -0.3 is 26.0 Å². The summed E-state index contributed by atoms with van der Waals surface area (Å²) in [6.45, 7) is 1.64. The maximum absolute atomic E-state index is 12.7. The number of aromatic hydroxyl groups is 3. The fourth-order valence-corrected chi connectivity index (χ4v) is 3.35. The second-order valence-electron chi connectivity index (χ2n) is 7.19. The number of phenolic OH excluding ortho intramolecular Hbond substituents is 3. The number of phenols is 3. The number of carbonyl (C=O) groups excluding carboxylic acids is 2. The number of hydrogen-bond acceptors (Lipinski definition) is 6. The summed E-state index contributed by atoms with van der Waals surface area (Å²) in [4.78, 5) is 26.1. The average Bonchev–Trinajstić information content (AvgIpc) is 3.02. The van der Waals surface area contributed by atoms with Gasteiger partial charge in [0.05, 0.1) is 5.56 Å². The molecule has 2 aliphatic rings. The molecule has 5 N–H and O–H groups in total. The smallest absolute Gasteiger partial charge is 0.258 e. The molecule has 7 heteroatoms. The van der Waals surface area contributed by atoms with Crippen LogP contribution in [0.5, 0.6) is 17.2 Å².